The van der Waals surface area contributed by atoms with Crippen LogP contribution < -0.4 is 11.2 Å². The van der Waals surface area contributed by atoms with Gasteiger partial charge >= 0.3 is 5.69 Å². The van der Waals surface area contributed by atoms with Gasteiger partial charge in [0.2, 0.25) is 5.28 Å². The first-order chi connectivity index (χ1) is 15.0. The van der Waals surface area contributed by atoms with Gasteiger partial charge in [0, 0.05) is 19.5 Å². The summed E-state index contributed by atoms with van der Waals surface area (Å²) in [4.78, 5) is 42.1. The molecule has 0 atom stereocenters. The average molecular weight is 464 g/mol. The summed E-state index contributed by atoms with van der Waals surface area (Å²) in [5, 5.41) is 4.11. The number of imidazole rings is 1. The van der Waals surface area contributed by atoms with Crippen LogP contribution in [-0.4, -0.2) is 34.2 Å². The van der Waals surface area contributed by atoms with Crippen LogP contribution >= 0.6 is 22.9 Å². The highest BCUT2D eigenvalue weighted by Crippen LogP contribution is 2.25. The Morgan fingerprint density at radius 2 is 1.97 bits per heavy atom. The zero-order valence-electron chi connectivity index (χ0n) is 17.2. The highest BCUT2D eigenvalue weighted by atomic mass is 35.5. The molecule has 4 aromatic rings. The van der Waals surface area contributed by atoms with Crippen molar-refractivity contribution < 1.29 is 4.52 Å². The fraction of sp³-hybridized carbons (Fsp3) is 0.474. The van der Waals surface area contributed by atoms with Gasteiger partial charge in [-0.05, 0) is 37.8 Å². The first kappa shape index (κ1) is 21.4. The fourth-order valence-corrected chi connectivity index (χ4v) is 4.26. The summed E-state index contributed by atoms with van der Waals surface area (Å²) in [6.45, 7) is 4.70. The van der Waals surface area contributed by atoms with Crippen LogP contribution in [0.15, 0.2) is 19.6 Å². The number of thiazole rings is 1. The molecule has 0 unspecified atom stereocenters. The number of aromatic nitrogens is 7. The van der Waals surface area contributed by atoms with Crippen molar-refractivity contribution in [3.05, 3.63) is 43.2 Å². The van der Waals surface area contributed by atoms with E-state index in [0.717, 1.165) is 23.4 Å². The maximum Gasteiger partial charge on any atom is 0.332 e. The SMILES string of the molecule is CCCCn1c(=O)n(CCCCc2noc(-c3scnc3C)n2)c(=O)c2[nH]c(Cl)nc21. The first-order valence-corrected chi connectivity index (χ1v) is 11.4. The van der Waals surface area contributed by atoms with Crippen LogP contribution in [0.3, 0.4) is 0 Å². The maximum absolute atomic E-state index is 12.9. The molecule has 0 spiro atoms. The molecule has 12 heteroatoms. The van der Waals surface area contributed by atoms with Crippen LogP contribution in [0.4, 0.5) is 0 Å². The molecular weight excluding hydrogens is 442 g/mol. The Hall–Kier alpha value is -2.79. The van der Waals surface area contributed by atoms with Gasteiger partial charge in [-0.15, -0.1) is 11.3 Å². The number of halogens is 1. The Balaban J connectivity index is 1.47. The highest BCUT2D eigenvalue weighted by Gasteiger charge is 2.17. The van der Waals surface area contributed by atoms with Crippen LogP contribution in [0.25, 0.3) is 21.9 Å². The molecule has 0 saturated heterocycles. The molecule has 4 rings (SSSR count). The van der Waals surface area contributed by atoms with Crippen molar-refractivity contribution in [3.8, 4) is 10.8 Å². The third-order valence-corrected chi connectivity index (χ3v) is 6.10. The second kappa shape index (κ2) is 9.15. The first-order valence-electron chi connectivity index (χ1n) is 10.1. The van der Waals surface area contributed by atoms with Crippen LogP contribution in [0.5, 0.6) is 0 Å². The minimum absolute atomic E-state index is 0.0959. The average Bonchev–Trinajstić information content (AvgIpc) is 3.47. The summed E-state index contributed by atoms with van der Waals surface area (Å²) in [6.07, 6.45) is 3.61. The van der Waals surface area contributed by atoms with Gasteiger partial charge in [-0.25, -0.2) is 9.78 Å². The van der Waals surface area contributed by atoms with E-state index in [2.05, 4.69) is 25.1 Å². The molecule has 0 radical (unpaired) electrons. The second-order valence-corrected chi connectivity index (χ2v) is 8.42. The molecule has 0 amide bonds. The number of fused-ring (bicyclic) bond motifs is 1. The summed E-state index contributed by atoms with van der Waals surface area (Å²) < 4.78 is 8.09. The van der Waals surface area contributed by atoms with Crippen molar-refractivity contribution in [1.82, 2.24) is 34.2 Å². The number of nitrogens with one attached hydrogen (secondary N) is 1. The molecule has 0 aliphatic carbocycles. The number of aromatic amines is 1. The third kappa shape index (κ3) is 4.33. The summed E-state index contributed by atoms with van der Waals surface area (Å²) in [5.74, 6) is 1.05. The molecule has 0 aromatic carbocycles. The number of nitrogens with zero attached hydrogens (tertiary/aromatic N) is 6. The minimum Gasteiger partial charge on any atom is -0.333 e. The molecule has 0 bridgehead atoms. The van der Waals surface area contributed by atoms with Gasteiger partial charge in [-0.1, -0.05) is 18.5 Å². The highest BCUT2D eigenvalue weighted by molar-refractivity contribution is 7.13. The lowest BCUT2D eigenvalue weighted by atomic mass is 10.2. The van der Waals surface area contributed by atoms with Gasteiger partial charge < -0.3 is 9.51 Å². The van der Waals surface area contributed by atoms with Crippen molar-refractivity contribution in [2.75, 3.05) is 0 Å². The molecular formula is C19H22ClN7O3S. The van der Waals surface area contributed by atoms with E-state index in [9.17, 15) is 9.59 Å². The van der Waals surface area contributed by atoms with E-state index in [0.29, 0.717) is 43.2 Å². The van der Waals surface area contributed by atoms with Gasteiger partial charge in [-0.3, -0.25) is 13.9 Å². The van der Waals surface area contributed by atoms with Gasteiger partial charge in [0.05, 0.1) is 11.2 Å². The summed E-state index contributed by atoms with van der Waals surface area (Å²) >= 11 is 7.41. The number of H-pyrrole nitrogens is 1. The van der Waals surface area contributed by atoms with Crippen LogP contribution in [-0.2, 0) is 19.5 Å². The Morgan fingerprint density at radius 1 is 1.16 bits per heavy atom. The topological polar surface area (TPSA) is 124 Å². The lowest BCUT2D eigenvalue weighted by molar-refractivity contribution is 0.421. The quantitative estimate of drug-likeness (QED) is 0.298. The van der Waals surface area contributed by atoms with E-state index in [1.807, 2.05) is 13.8 Å². The van der Waals surface area contributed by atoms with E-state index < -0.39 is 5.56 Å². The van der Waals surface area contributed by atoms with Crippen molar-refractivity contribution in [2.45, 2.75) is 59.0 Å². The number of hydrogen-bond donors (Lipinski definition) is 1. The molecule has 31 heavy (non-hydrogen) atoms. The number of rotatable bonds is 9. The Morgan fingerprint density at radius 3 is 2.71 bits per heavy atom. The zero-order chi connectivity index (χ0) is 22.0. The molecule has 0 fully saturated rings. The minimum atomic E-state index is -0.408. The van der Waals surface area contributed by atoms with Gasteiger partial charge in [0.15, 0.2) is 17.0 Å². The Labute approximate surface area is 185 Å². The van der Waals surface area contributed by atoms with Crippen LogP contribution in [0.1, 0.15) is 44.1 Å². The second-order valence-electron chi connectivity index (χ2n) is 7.21. The molecule has 10 nitrogen and oxygen atoms in total. The Kier molecular flexibility index (Phi) is 6.33. The summed E-state index contributed by atoms with van der Waals surface area (Å²) in [6, 6.07) is 0. The van der Waals surface area contributed by atoms with Crippen molar-refractivity contribution in [1.29, 1.82) is 0 Å². The van der Waals surface area contributed by atoms with E-state index in [-0.39, 0.29) is 23.0 Å². The number of unbranched alkanes of at least 4 members (excludes halogenated alkanes) is 2. The van der Waals surface area contributed by atoms with E-state index in [1.54, 1.807) is 5.51 Å². The predicted octanol–water partition coefficient (Wildman–Crippen LogP) is 3.18. The molecule has 164 valence electrons. The molecule has 1 N–H and O–H groups in total. The van der Waals surface area contributed by atoms with Gasteiger partial charge in [-0.2, -0.15) is 9.97 Å². The van der Waals surface area contributed by atoms with Gasteiger partial charge in [0.1, 0.15) is 4.88 Å². The third-order valence-electron chi connectivity index (χ3n) is 5.01. The van der Waals surface area contributed by atoms with Crippen molar-refractivity contribution in [2.24, 2.45) is 0 Å². The molecule has 4 aromatic heterocycles. The number of hydrogen-bond acceptors (Lipinski definition) is 8. The monoisotopic (exact) mass is 463 g/mol. The largest absolute Gasteiger partial charge is 0.333 e. The zero-order valence-corrected chi connectivity index (χ0v) is 18.8. The standard InChI is InChI=1S/C19H22ClN7O3S/c1-3-4-8-26-15-13(23-18(20)24-15)17(28)27(19(26)29)9-6-5-7-12-22-16(30-25-12)14-11(2)21-10-31-14/h10H,3-9H2,1-2H3,(H,23,24). The molecule has 0 aliphatic heterocycles. The van der Waals surface area contributed by atoms with Crippen molar-refractivity contribution >= 4 is 34.1 Å². The Bertz CT molecular complexity index is 1320. The smallest absolute Gasteiger partial charge is 0.332 e. The van der Waals surface area contributed by atoms with E-state index in [1.165, 1.54) is 20.5 Å². The lowest BCUT2D eigenvalue weighted by Gasteiger charge is -2.10. The predicted molar refractivity (Wildman–Crippen MR) is 118 cm³/mol. The van der Waals surface area contributed by atoms with Crippen LogP contribution in [0, 0.1) is 6.92 Å². The normalized spacial score (nSPS) is 11.6. The molecule has 0 saturated carbocycles. The van der Waals surface area contributed by atoms with Gasteiger partial charge in [0.25, 0.3) is 11.4 Å². The molecule has 0 aliphatic rings. The van der Waals surface area contributed by atoms with Crippen molar-refractivity contribution in [3.63, 3.8) is 0 Å². The maximum atomic E-state index is 12.9. The fourth-order valence-electron chi connectivity index (χ4n) is 3.36. The molecule has 4 heterocycles. The summed E-state index contributed by atoms with van der Waals surface area (Å²) in [5.41, 5.74) is 2.38. The van der Waals surface area contributed by atoms with Crippen LogP contribution in [0.2, 0.25) is 5.28 Å². The van der Waals surface area contributed by atoms with E-state index in [4.69, 9.17) is 16.1 Å². The van der Waals surface area contributed by atoms with E-state index >= 15 is 0 Å². The summed E-state index contributed by atoms with van der Waals surface area (Å²) in [7, 11) is 0. The number of aryl methyl sites for hydroxylation is 3. The lowest BCUT2D eigenvalue weighted by Crippen LogP contribution is -2.40.